The Labute approximate surface area is 167 Å². The van der Waals surface area contributed by atoms with Crippen LogP contribution in [0.3, 0.4) is 0 Å². The number of carbonyl (C=O) groups excluding carboxylic acids is 4. The molecule has 0 aromatic heterocycles. The maximum atomic E-state index is 12.5. The molecule has 144 valence electrons. The lowest BCUT2D eigenvalue weighted by Crippen LogP contribution is -2.37. The van der Waals surface area contributed by atoms with Crippen LogP contribution in [0.25, 0.3) is 0 Å². The fraction of sp³-hybridized carbons (Fsp3) is 0.238. The molecular weight excluding hydrogens is 382 g/mol. The van der Waals surface area contributed by atoms with Gasteiger partial charge in [-0.05, 0) is 55.8 Å². The van der Waals surface area contributed by atoms with Gasteiger partial charge in [0.15, 0.2) is 12.4 Å². The Morgan fingerprint density at radius 1 is 1.00 bits per heavy atom. The smallest absolute Gasteiger partial charge is 0.338 e. The summed E-state index contributed by atoms with van der Waals surface area (Å²) in [4.78, 5) is 50.6. The fourth-order valence-electron chi connectivity index (χ4n) is 2.90. The lowest BCUT2D eigenvalue weighted by atomic mass is 10.1. The first-order valence-corrected chi connectivity index (χ1v) is 9.19. The standard InChI is InChI=1S/C21H18ClNO5/c1-3-12(2)23-19(25)16-9-6-14(10-17(16)20(23)26)21(27)28-11-18(24)13-4-7-15(22)8-5-13/h4-10,12H,3,11H2,1-2H3/t12-/m0/s1. The van der Waals surface area contributed by atoms with E-state index in [0.717, 1.165) is 0 Å². The molecule has 2 amide bonds. The molecule has 1 atom stereocenters. The number of Topliss-reactive ketones (excluding diaryl/α,β-unsaturated/α-hetero) is 1. The molecule has 3 rings (SSSR count). The van der Waals surface area contributed by atoms with Crippen LogP contribution in [0.4, 0.5) is 0 Å². The number of hydrogen-bond donors (Lipinski definition) is 0. The van der Waals surface area contributed by atoms with Crippen LogP contribution in [0.1, 0.15) is 61.7 Å². The second-order valence-corrected chi connectivity index (χ2v) is 6.94. The summed E-state index contributed by atoms with van der Waals surface area (Å²) in [5, 5.41) is 0.498. The molecule has 0 aliphatic carbocycles. The SMILES string of the molecule is CC[C@H](C)N1C(=O)c2ccc(C(=O)OCC(=O)c3ccc(Cl)cc3)cc2C1=O. The predicted octanol–water partition coefficient (Wildman–Crippen LogP) is 3.77. The van der Waals surface area contributed by atoms with Gasteiger partial charge in [0, 0.05) is 16.6 Å². The van der Waals surface area contributed by atoms with Gasteiger partial charge in [-0.25, -0.2) is 4.79 Å². The summed E-state index contributed by atoms with van der Waals surface area (Å²) < 4.78 is 5.06. The minimum Gasteiger partial charge on any atom is -0.454 e. The predicted molar refractivity (Wildman–Crippen MR) is 103 cm³/mol. The first kappa shape index (κ1) is 19.8. The number of nitrogens with zero attached hydrogens (tertiary/aromatic N) is 1. The lowest BCUT2D eigenvalue weighted by Gasteiger charge is -2.20. The second-order valence-electron chi connectivity index (χ2n) is 6.50. The van der Waals surface area contributed by atoms with E-state index in [1.807, 2.05) is 6.92 Å². The molecule has 6 nitrogen and oxygen atoms in total. The highest BCUT2D eigenvalue weighted by atomic mass is 35.5. The van der Waals surface area contributed by atoms with Gasteiger partial charge in [-0.3, -0.25) is 19.3 Å². The van der Waals surface area contributed by atoms with Crippen molar-refractivity contribution in [3.63, 3.8) is 0 Å². The molecular formula is C21H18ClNO5. The molecule has 0 saturated heterocycles. The summed E-state index contributed by atoms with van der Waals surface area (Å²) in [5.74, 6) is -1.92. The molecule has 1 aliphatic rings. The highest BCUT2D eigenvalue weighted by Crippen LogP contribution is 2.27. The number of benzene rings is 2. The van der Waals surface area contributed by atoms with Crippen LogP contribution in [-0.4, -0.2) is 41.1 Å². The van der Waals surface area contributed by atoms with Crippen molar-refractivity contribution in [1.82, 2.24) is 4.90 Å². The molecule has 1 aliphatic heterocycles. The topological polar surface area (TPSA) is 80.8 Å². The number of ketones is 1. The first-order chi connectivity index (χ1) is 13.3. The minimum absolute atomic E-state index is 0.106. The number of halogens is 1. The van der Waals surface area contributed by atoms with E-state index in [0.29, 0.717) is 17.0 Å². The Morgan fingerprint density at radius 2 is 1.61 bits per heavy atom. The highest BCUT2D eigenvalue weighted by molar-refractivity contribution is 6.30. The van der Waals surface area contributed by atoms with Crippen molar-refractivity contribution >= 4 is 35.2 Å². The third-order valence-electron chi connectivity index (χ3n) is 4.69. The number of imide groups is 1. The Balaban J connectivity index is 1.72. The van der Waals surface area contributed by atoms with Crippen LogP contribution in [0.2, 0.25) is 5.02 Å². The van der Waals surface area contributed by atoms with E-state index >= 15 is 0 Å². The average Bonchev–Trinajstić information content (AvgIpc) is 2.95. The number of carbonyl (C=O) groups is 4. The quantitative estimate of drug-likeness (QED) is 0.419. The van der Waals surface area contributed by atoms with Crippen molar-refractivity contribution in [2.24, 2.45) is 0 Å². The summed E-state index contributed by atoms with van der Waals surface area (Å²) in [6.45, 7) is 3.23. The van der Waals surface area contributed by atoms with Gasteiger partial charge in [-0.1, -0.05) is 18.5 Å². The summed E-state index contributed by atoms with van der Waals surface area (Å²) >= 11 is 5.78. The van der Waals surface area contributed by atoms with E-state index in [-0.39, 0.29) is 34.4 Å². The third kappa shape index (κ3) is 3.68. The molecule has 0 fully saturated rings. The van der Waals surface area contributed by atoms with E-state index in [2.05, 4.69) is 0 Å². The number of fused-ring (bicyclic) bond motifs is 1. The lowest BCUT2D eigenvalue weighted by molar-refractivity contribution is 0.0474. The van der Waals surface area contributed by atoms with Crippen LogP contribution in [0, 0.1) is 0 Å². The van der Waals surface area contributed by atoms with E-state index in [4.69, 9.17) is 16.3 Å². The Bertz CT molecular complexity index is 967. The van der Waals surface area contributed by atoms with Crippen molar-refractivity contribution in [3.8, 4) is 0 Å². The Hall–Kier alpha value is -2.99. The van der Waals surface area contributed by atoms with Crippen LogP contribution in [0.15, 0.2) is 42.5 Å². The van der Waals surface area contributed by atoms with Crippen LogP contribution in [-0.2, 0) is 4.74 Å². The molecule has 0 radical (unpaired) electrons. The van der Waals surface area contributed by atoms with Gasteiger partial charge in [0.05, 0.1) is 16.7 Å². The first-order valence-electron chi connectivity index (χ1n) is 8.81. The van der Waals surface area contributed by atoms with Gasteiger partial charge < -0.3 is 4.74 Å². The molecule has 0 N–H and O–H groups in total. The number of ether oxygens (including phenoxy) is 1. The third-order valence-corrected chi connectivity index (χ3v) is 4.94. The number of esters is 1. The van der Waals surface area contributed by atoms with Gasteiger partial charge >= 0.3 is 5.97 Å². The largest absolute Gasteiger partial charge is 0.454 e. The molecule has 2 aromatic rings. The van der Waals surface area contributed by atoms with E-state index < -0.39 is 18.5 Å². The zero-order valence-corrected chi connectivity index (χ0v) is 16.2. The Morgan fingerprint density at radius 3 is 2.25 bits per heavy atom. The monoisotopic (exact) mass is 399 g/mol. The summed E-state index contributed by atoms with van der Waals surface area (Å²) in [6.07, 6.45) is 0.632. The molecule has 2 aromatic carbocycles. The zero-order valence-electron chi connectivity index (χ0n) is 15.4. The summed E-state index contributed by atoms with van der Waals surface area (Å²) in [7, 11) is 0. The summed E-state index contributed by atoms with van der Waals surface area (Å²) in [5.41, 5.74) is 0.911. The van der Waals surface area contributed by atoms with Gasteiger partial charge in [0.2, 0.25) is 0 Å². The van der Waals surface area contributed by atoms with Crippen molar-refractivity contribution in [3.05, 3.63) is 69.7 Å². The average molecular weight is 400 g/mol. The van der Waals surface area contributed by atoms with Gasteiger partial charge in [0.1, 0.15) is 0 Å². The van der Waals surface area contributed by atoms with Crippen LogP contribution < -0.4 is 0 Å². The molecule has 0 saturated carbocycles. The van der Waals surface area contributed by atoms with Gasteiger partial charge in [-0.2, -0.15) is 0 Å². The normalized spacial score (nSPS) is 14.0. The van der Waals surface area contributed by atoms with Crippen LogP contribution in [0.5, 0.6) is 0 Å². The maximum Gasteiger partial charge on any atom is 0.338 e. The molecule has 7 heteroatoms. The van der Waals surface area contributed by atoms with Gasteiger partial charge in [0.25, 0.3) is 11.8 Å². The molecule has 1 heterocycles. The van der Waals surface area contributed by atoms with E-state index in [9.17, 15) is 19.2 Å². The summed E-state index contributed by atoms with van der Waals surface area (Å²) in [6, 6.07) is 10.2. The number of rotatable bonds is 6. The van der Waals surface area contributed by atoms with Crippen molar-refractivity contribution in [2.45, 2.75) is 26.3 Å². The maximum absolute atomic E-state index is 12.5. The second kappa shape index (κ2) is 7.94. The van der Waals surface area contributed by atoms with E-state index in [1.54, 1.807) is 31.2 Å². The number of amides is 2. The molecule has 0 bridgehead atoms. The van der Waals surface area contributed by atoms with Crippen molar-refractivity contribution in [1.29, 1.82) is 0 Å². The fourth-order valence-corrected chi connectivity index (χ4v) is 3.03. The number of hydrogen-bond acceptors (Lipinski definition) is 5. The molecule has 0 unspecified atom stereocenters. The molecule has 28 heavy (non-hydrogen) atoms. The minimum atomic E-state index is -0.743. The van der Waals surface area contributed by atoms with Crippen molar-refractivity contribution < 1.29 is 23.9 Å². The molecule has 0 spiro atoms. The Kier molecular flexibility index (Phi) is 5.61. The van der Waals surface area contributed by atoms with E-state index in [1.165, 1.54) is 23.1 Å². The van der Waals surface area contributed by atoms with Crippen LogP contribution >= 0.6 is 11.6 Å². The zero-order chi connectivity index (χ0) is 20.4. The van der Waals surface area contributed by atoms with Crippen molar-refractivity contribution in [2.75, 3.05) is 6.61 Å². The highest BCUT2D eigenvalue weighted by Gasteiger charge is 2.38. The van der Waals surface area contributed by atoms with Gasteiger partial charge in [-0.15, -0.1) is 0 Å².